The molecule has 7 heteroatoms. The van der Waals surface area contributed by atoms with Gasteiger partial charge in [0.1, 0.15) is 12.2 Å². The molecule has 0 saturated heterocycles. The minimum Gasteiger partial charge on any atom is -0.461 e. The van der Waals surface area contributed by atoms with Crippen LogP contribution in [0, 0.1) is 11.3 Å². The van der Waals surface area contributed by atoms with Gasteiger partial charge in [-0.25, -0.2) is 0 Å². The molecule has 0 amide bonds. The van der Waals surface area contributed by atoms with E-state index in [1.807, 2.05) is 0 Å². The topological polar surface area (TPSA) is 52.6 Å². The van der Waals surface area contributed by atoms with Gasteiger partial charge in [0.05, 0.1) is 12.3 Å². The summed E-state index contributed by atoms with van der Waals surface area (Å²) in [4.78, 5) is 24.0. The number of hydrogen-bond acceptors (Lipinski definition) is 4. The molecule has 1 aliphatic carbocycles. The lowest BCUT2D eigenvalue weighted by atomic mass is 9.99. The molecule has 4 nitrogen and oxygen atoms in total. The number of benzene rings is 1. The zero-order valence-electron chi connectivity index (χ0n) is 18.5. The number of hydrogen-bond donors (Lipinski definition) is 0. The minimum atomic E-state index is -4.41. The molecule has 1 aromatic carbocycles. The summed E-state index contributed by atoms with van der Waals surface area (Å²) in [7, 11) is 0. The lowest BCUT2D eigenvalue weighted by Gasteiger charge is -2.22. The highest BCUT2D eigenvalue weighted by atomic mass is 19.4. The molecule has 0 heterocycles. The highest BCUT2D eigenvalue weighted by molar-refractivity contribution is 5.80. The average Bonchev–Trinajstić information content (AvgIpc) is 3.30. The highest BCUT2D eigenvalue weighted by Crippen LogP contribution is 2.43. The van der Waals surface area contributed by atoms with E-state index in [9.17, 15) is 22.8 Å². The van der Waals surface area contributed by atoms with Gasteiger partial charge in [0.25, 0.3) is 0 Å². The molecule has 0 bridgehead atoms. The first-order valence-electron chi connectivity index (χ1n) is 10.2. The van der Waals surface area contributed by atoms with Crippen molar-refractivity contribution in [3.8, 4) is 0 Å². The second-order valence-corrected chi connectivity index (χ2v) is 9.40. The molecule has 1 aromatic rings. The fraction of sp³-hybridized carbons (Fsp3) is 0.652. The van der Waals surface area contributed by atoms with Crippen molar-refractivity contribution in [2.45, 2.75) is 85.1 Å². The van der Waals surface area contributed by atoms with E-state index in [-0.39, 0.29) is 6.61 Å². The van der Waals surface area contributed by atoms with Crippen molar-refractivity contribution in [1.82, 2.24) is 0 Å². The van der Waals surface area contributed by atoms with Crippen LogP contribution in [0.15, 0.2) is 30.3 Å². The number of halogens is 3. The Bertz CT molecular complexity index is 670. The lowest BCUT2D eigenvalue weighted by Crippen LogP contribution is -2.28. The summed E-state index contributed by atoms with van der Waals surface area (Å²) in [6.45, 7) is 9.46. The van der Waals surface area contributed by atoms with Crippen LogP contribution in [0.3, 0.4) is 0 Å². The maximum atomic E-state index is 12.5. The fourth-order valence-electron chi connectivity index (χ4n) is 2.32. The van der Waals surface area contributed by atoms with Gasteiger partial charge in [-0.3, -0.25) is 9.59 Å². The predicted octanol–water partition coefficient (Wildman–Crippen LogP) is 6.23. The molecule has 30 heavy (non-hydrogen) atoms. The Morgan fingerprint density at radius 3 is 2.03 bits per heavy atom. The molecule has 1 atom stereocenters. The first-order chi connectivity index (χ1) is 13.7. The van der Waals surface area contributed by atoms with Crippen molar-refractivity contribution in [2.75, 3.05) is 0 Å². The number of carbonyl (C=O) groups is 2. The Morgan fingerprint density at radius 1 is 1.07 bits per heavy atom. The van der Waals surface area contributed by atoms with Crippen LogP contribution in [0.4, 0.5) is 13.2 Å². The molecule has 0 radical (unpaired) electrons. The largest absolute Gasteiger partial charge is 0.461 e. The molecular formula is C23H33F3O4. The molecule has 170 valence electrons. The van der Waals surface area contributed by atoms with Crippen molar-refractivity contribution >= 4 is 11.9 Å². The van der Waals surface area contributed by atoms with Crippen LogP contribution in [0.1, 0.15) is 72.3 Å². The zero-order valence-corrected chi connectivity index (χ0v) is 18.5. The van der Waals surface area contributed by atoms with E-state index in [1.54, 1.807) is 51.1 Å². The van der Waals surface area contributed by atoms with Gasteiger partial charge < -0.3 is 9.47 Å². The van der Waals surface area contributed by atoms with Gasteiger partial charge >= 0.3 is 18.1 Å². The molecule has 1 fully saturated rings. The highest BCUT2D eigenvalue weighted by Gasteiger charge is 2.33. The van der Waals surface area contributed by atoms with Crippen LogP contribution >= 0.6 is 0 Å². The molecular weight excluding hydrogens is 397 g/mol. The standard InChI is InChI=1S/C18H23F3O4.C5H10/c1-17(2,3)25-15(22)11-14(9-10-18(19,20)21)16(23)24-12-13-7-5-4-6-8-13;1-5(2)3-4-5/h4-8,14H,9-12H2,1-3H3;3-4H2,1-2H3. The van der Waals surface area contributed by atoms with Crippen LogP contribution in [0.25, 0.3) is 0 Å². The smallest absolute Gasteiger partial charge is 0.389 e. The van der Waals surface area contributed by atoms with Crippen LogP contribution in [0.2, 0.25) is 0 Å². The van der Waals surface area contributed by atoms with E-state index in [1.165, 1.54) is 12.8 Å². The SMILES string of the molecule is CC(C)(C)OC(=O)CC(CCC(F)(F)F)C(=O)OCc1ccccc1.CC1(C)CC1. The van der Waals surface area contributed by atoms with Crippen LogP contribution < -0.4 is 0 Å². The monoisotopic (exact) mass is 430 g/mol. The molecule has 1 aliphatic rings. The summed E-state index contributed by atoms with van der Waals surface area (Å²) < 4.78 is 47.6. The summed E-state index contributed by atoms with van der Waals surface area (Å²) >= 11 is 0. The number of esters is 2. The quantitative estimate of drug-likeness (QED) is 0.482. The summed E-state index contributed by atoms with van der Waals surface area (Å²) in [6.07, 6.45) is -3.63. The molecule has 0 spiro atoms. The van der Waals surface area contributed by atoms with E-state index in [2.05, 4.69) is 13.8 Å². The Kier molecular flexibility index (Phi) is 9.37. The summed E-state index contributed by atoms with van der Waals surface area (Å²) in [5, 5.41) is 0. The van der Waals surface area contributed by atoms with Crippen molar-refractivity contribution in [1.29, 1.82) is 0 Å². The van der Waals surface area contributed by atoms with E-state index in [4.69, 9.17) is 9.47 Å². The van der Waals surface area contributed by atoms with Gasteiger partial charge in [-0.2, -0.15) is 13.2 Å². The molecule has 0 aliphatic heterocycles. The van der Waals surface area contributed by atoms with E-state index >= 15 is 0 Å². The maximum absolute atomic E-state index is 12.5. The van der Waals surface area contributed by atoms with Crippen molar-refractivity contribution in [2.24, 2.45) is 11.3 Å². The second kappa shape index (κ2) is 10.8. The summed E-state index contributed by atoms with van der Waals surface area (Å²) in [5.74, 6) is -2.75. The first kappa shape index (κ1) is 26.0. The van der Waals surface area contributed by atoms with Gasteiger partial charge in [0, 0.05) is 6.42 Å². The van der Waals surface area contributed by atoms with Crippen LogP contribution in [0.5, 0.6) is 0 Å². The molecule has 1 unspecified atom stereocenters. The van der Waals surface area contributed by atoms with Gasteiger partial charge in [0.2, 0.25) is 0 Å². The fourth-order valence-corrected chi connectivity index (χ4v) is 2.32. The van der Waals surface area contributed by atoms with Crippen molar-refractivity contribution < 1.29 is 32.2 Å². The number of carbonyl (C=O) groups excluding carboxylic acids is 2. The van der Waals surface area contributed by atoms with Crippen LogP contribution in [-0.4, -0.2) is 23.7 Å². The summed E-state index contributed by atoms with van der Waals surface area (Å²) in [6, 6.07) is 8.76. The normalized spacial score (nSPS) is 16.0. The molecule has 2 rings (SSSR count). The third-order valence-corrected chi connectivity index (χ3v) is 4.42. The predicted molar refractivity (Wildman–Crippen MR) is 108 cm³/mol. The Balaban J connectivity index is 0.000000780. The Hall–Kier alpha value is -2.05. The van der Waals surface area contributed by atoms with Gasteiger partial charge in [-0.1, -0.05) is 44.2 Å². The lowest BCUT2D eigenvalue weighted by molar-refractivity contribution is -0.165. The number of rotatable bonds is 7. The third kappa shape index (κ3) is 13.2. The summed E-state index contributed by atoms with van der Waals surface area (Å²) in [5.41, 5.74) is 0.683. The van der Waals surface area contributed by atoms with Gasteiger partial charge in [0.15, 0.2) is 0 Å². The minimum absolute atomic E-state index is 0.0590. The van der Waals surface area contributed by atoms with E-state index in [0.29, 0.717) is 5.56 Å². The van der Waals surface area contributed by atoms with Gasteiger partial charge in [-0.15, -0.1) is 0 Å². The second-order valence-electron chi connectivity index (χ2n) is 9.40. The Morgan fingerprint density at radius 2 is 1.60 bits per heavy atom. The van der Waals surface area contributed by atoms with E-state index in [0.717, 1.165) is 5.41 Å². The Labute approximate surface area is 177 Å². The van der Waals surface area contributed by atoms with Crippen LogP contribution in [-0.2, 0) is 25.7 Å². The van der Waals surface area contributed by atoms with Crippen molar-refractivity contribution in [3.05, 3.63) is 35.9 Å². The van der Waals surface area contributed by atoms with Gasteiger partial charge in [-0.05, 0) is 51.0 Å². The molecule has 1 saturated carbocycles. The zero-order chi connectivity index (χ0) is 23.0. The molecule has 0 N–H and O–H groups in total. The van der Waals surface area contributed by atoms with E-state index < -0.39 is 48.9 Å². The first-order valence-corrected chi connectivity index (χ1v) is 10.2. The maximum Gasteiger partial charge on any atom is 0.389 e. The number of alkyl halides is 3. The third-order valence-electron chi connectivity index (χ3n) is 4.42. The van der Waals surface area contributed by atoms with Crippen molar-refractivity contribution in [3.63, 3.8) is 0 Å². The average molecular weight is 431 g/mol. The number of ether oxygens (including phenoxy) is 2. The molecule has 0 aromatic heterocycles.